The van der Waals surface area contributed by atoms with Gasteiger partial charge >= 0.3 is 5.97 Å². The predicted octanol–water partition coefficient (Wildman–Crippen LogP) is 3.29. The van der Waals surface area contributed by atoms with E-state index < -0.39 is 34.4 Å². The first-order valence-electron chi connectivity index (χ1n) is 9.46. The van der Waals surface area contributed by atoms with Crippen LogP contribution in [0.4, 0.5) is 18.9 Å². The van der Waals surface area contributed by atoms with Gasteiger partial charge in [-0.1, -0.05) is 12.7 Å². The minimum Gasteiger partial charge on any atom is -0.477 e. The summed E-state index contributed by atoms with van der Waals surface area (Å²) in [6.45, 7) is 4.55. The van der Waals surface area contributed by atoms with Crippen LogP contribution in [0, 0.1) is 17.5 Å². The predicted molar refractivity (Wildman–Crippen MR) is 111 cm³/mol. The van der Waals surface area contributed by atoms with Crippen LogP contribution >= 0.6 is 0 Å². The number of pyridine rings is 1. The Bertz CT molecular complexity index is 1300. The first-order chi connectivity index (χ1) is 14.7. The maximum atomic E-state index is 15.2. The summed E-state index contributed by atoms with van der Waals surface area (Å²) in [5.74, 6) is -4.11. The van der Waals surface area contributed by atoms with Gasteiger partial charge in [-0.05, 0) is 24.6 Å². The van der Waals surface area contributed by atoms with E-state index in [-0.39, 0.29) is 33.9 Å². The molecule has 31 heavy (non-hydrogen) atoms. The standard InChI is InChI=1S/C22H18F3N3O3/c1-2-13-19-14(8-17(25)20(13)27-6-5-12(26)9-27)21(29)15(22(30)31)10-28(19)18-4-3-11(23)7-16(18)24/h2-4,7-8,10,12H,1,5-6,9,26H2,(H,30,31). The van der Waals surface area contributed by atoms with E-state index >= 15 is 4.39 Å². The van der Waals surface area contributed by atoms with Crippen LogP contribution in [0.2, 0.25) is 0 Å². The lowest BCUT2D eigenvalue weighted by atomic mass is 10.0. The molecular formula is C22H18F3N3O3. The van der Waals surface area contributed by atoms with E-state index in [1.807, 2.05) is 0 Å². The van der Waals surface area contributed by atoms with Crippen molar-refractivity contribution < 1.29 is 23.1 Å². The van der Waals surface area contributed by atoms with Crippen LogP contribution < -0.4 is 16.1 Å². The lowest BCUT2D eigenvalue weighted by Gasteiger charge is -2.24. The highest BCUT2D eigenvalue weighted by atomic mass is 19.1. The summed E-state index contributed by atoms with van der Waals surface area (Å²) < 4.78 is 44.4. The van der Waals surface area contributed by atoms with Crippen molar-refractivity contribution >= 4 is 28.6 Å². The maximum Gasteiger partial charge on any atom is 0.341 e. The first-order valence-corrected chi connectivity index (χ1v) is 9.46. The second-order valence-electron chi connectivity index (χ2n) is 7.36. The summed E-state index contributed by atoms with van der Waals surface area (Å²) in [7, 11) is 0. The number of anilines is 1. The van der Waals surface area contributed by atoms with Crippen molar-refractivity contribution in [3.05, 3.63) is 75.8 Å². The third-order valence-electron chi connectivity index (χ3n) is 5.40. The highest BCUT2D eigenvalue weighted by Gasteiger charge is 2.28. The number of nitrogens with two attached hydrogens (primary N) is 1. The largest absolute Gasteiger partial charge is 0.477 e. The Hall–Kier alpha value is -3.59. The lowest BCUT2D eigenvalue weighted by molar-refractivity contribution is 0.0695. The van der Waals surface area contributed by atoms with E-state index in [0.29, 0.717) is 25.6 Å². The van der Waals surface area contributed by atoms with Crippen LogP contribution in [0.5, 0.6) is 0 Å². The molecule has 160 valence electrons. The van der Waals surface area contributed by atoms with Crippen molar-refractivity contribution in [3.63, 3.8) is 0 Å². The van der Waals surface area contributed by atoms with Crippen molar-refractivity contribution in [2.75, 3.05) is 18.0 Å². The summed E-state index contributed by atoms with van der Waals surface area (Å²) >= 11 is 0. The van der Waals surface area contributed by atoms with Crippen molar-refractivity contribution in [1.29, 1.82) is 0 Å². The number of hydrogen-bond donors (Lipinski definition) is 2. The second-order valence-corrected chi connectivity index (χ2v) is 7.36. The highest BCUT2D eigenvalue weighted by Crippen LogP contribution is 2.35. The molecule has 0 bridgehead atoms. The van der Waals surface area contributed by atoms with E-state index in [2.05, 4.69) is 6.58 Å². The average Bonchev–Trinajstić information content (AvgIpc) is 3.13. The zero-order chi connectivity index (χ0) is 22.4. The third-order valence-corrected chi connectivity index (χ3v) is 5.40. The molecule has 2 aromatic carbocycles. The number of aromatic nitrogens is 1. The minimum absolute atomic E-state index is 0.0624. The number of carboxylic acids is 1. The van der Waals surface area contributed by atoms with Crippen molar-refractivity contribution in [2.24, 2.45) is 5.73 Å². The Kier molecular flexibility index (Phi) is 5.06. The number of fused-ring (bicyclic) bond motifs is 1. The van der Waals surface area contributed by atoms with Gasteiger partial charge in [0.15, 0.2) is 0 Å². The fourth-order valence-corrected chi connectivity index (χ4v) is 4.00. The van der Waals surface area contributed by atoms with Crippen LogP contribution in [0.3, 0.4) is 0 Å². The zero-order valence-electron chi connectivity index (χ0n) is 16.2. The summed E-state index contributed by atoms with van der Waals surface area (Å²) in [4.78, 5) is 26.2. The molecule has 0 aliphatic carbocycles. The summed E-state index contributed by atoms with van der Waals surface area (Å²) in [6, 6.07) is 3.52. The Morgan fingerprint density at radius 2 is 1.97 bits per heavy atom. The quantitative estimate of drug-likeness (QED) is 0.665. The van der Waals surface area contributed by atoms with Gasteiger partial charge in [0, 0.05) is 37.0 Å². The van der Waals surface area contributed by atoms with E-state index in [9.17, 15) is 23.5 Å². The summed E-state index contributed by atoms with van der Waals surface area (Å²) in [5.41, 5.74) is 4.53. The Morgan fingerprint density at radius 1 is 1.23 bits per heavy atom. The molecule has 2 heterocycles. The highest BCUT2D eigenvalue weighted by molar-refractivity contribution is 5.99. The van der Waals surface area contributed by atoms with Gasteiger partial charge in [-0.2, -0.15) is 0 Å². The Labute approximate surface area is 174 Å². The zero-order valence-corrected chi connectivity index (χ0v) is 16.2. The SMILES string of the molecule is C=Cc1c(N2CCC(N)C2)c(F)cc2c(=O)c(C(=O)O)cn(-c3ccc(F)cc3F)c12. The van der Waals surface area contributed by atoms with Gasteiger partial charge in [0.1, 0.15) is 23.0 Å². The van der Waals surface area contributed by atoms with Crippen LogP contribution in [-0.2, 0) is 0 Å². The molecule has 0 saturated carbocycles. The molecule has 0 spiro atoms. The second kappa shape index (κ2) is 7.59. The van der Waals surface area contributed by atoms with Crippen LogP contribution in [0.25, 0.3) is 22.7 Å². The molecule has 1 atom stereocenters. The molecule has 1 fully saturated rings. The van der Waals surface area contributed by atoms with Gasteiger partial charge < -0.3 is 20.3 Å². The molecule has 1 unspecified atom stereocenters. The van der Waals surface area contributed by atoms with Gasteiger partial charge in [-0.25, -0.2) is 18.0 Å². The smallest absolute Gasteiger partial charge is 0.341 e. The number of halogens is 3. The number of carboxylic acid groups (broad SMARTS) is 1. The number of carbonyl (C=O) groups is 1. The molecule has 1 aliphatic rings. The molecule has 1 aromatic heterocycles. The van der Waals surface area contributed by atoms with Crippen LogP contribution in [0.1, 0.15) is 22.3 Å². The monoisotopic (exact) mass is 429 g/mol. The van der Waals surface area contributed by atoms with Crippen LogP contribution in [0.15, 0.2) is 41.8 Å². The topological polar surface area (TPSA) is 88.6 Å². The Morgan fingerprint density at radius 3 is 2.55 bits per heavy atom. The average molecular weight is 429 g/mol. The molecule has 3 aromatic rings. The molecular weight excluding hydrogens is 411 g/mol. The molecule has 1 aliphatic heterocycles. The summed E-state index contributed by atoms with van der Waals surface area (Å²) in [5, 5.41) is 9.20. The van der Waals surface area contributed by atoms with Crippen LogP contribution in [-0.4, -0.2) is 34.8 Å². The number of benzene rings is 2. The third kappa shape index (κ3) is 3.36. The molecule has 9 heteroatoms. The van der Waals surface area contributed by atoms with Crippen molar-refractivity contribution in [1.82, 2.24) is 4.57 Å². The Balaban J connectivity index is 2.17. The molecule has 4 rings (SSSR count). The number of nitrogens with zero attached hydrogens (tertiary/aromatic N) is 2. The minimum atomic E-state index is -1.56. The van der Waals surface area contributed by atoms with E-state index in [0.717, 1.165) is 29.0 Å². The molecule has 0 radical (unpaired) electrons. The van der Waals surface area contributed by atoms with Gasteiger partial charge in [-0.15, -0.1) is 0 Å². The molecule has 0 amide bonds. The summed E-state index contributed by atoms with van der Waals surface area (Å²) in [6.07, 6.45) is 2.90. The van der Waals surface area contributed by atoms with Gasteiger partial charge in [0.25, 0.3) is 0 Å². The fraction of sp³-hybridized carbons (Fsp3) is 0.182. The maximum absolute atomic E-state index is 15.2. The lowest BCUT2D eigenvalue weighted by Crippen LogP contribution is -2.28. The van der Waals surface area contributed by atoms with Gasteiger partial charge in [0.2, 0.25) is 5.43 Å². The number of hydrogen-bond acceptors (Lipinski definition) is 4. The number of rotatable bonds is 4. The van der Waals surface area contributed by atoms with E-state index in [1.54, 1.807) is 4.90 Å². The molecule has 6 nitrogen and oxygen atoms in total. The van der Waals surface area contributed by atoms with E-state index in [4.69, 9.17) is 5.73 Å². The fourth-order valence-electron chi connectivity index (χ4n) is 4.00. The normalized spacial score (nSPS) is 16.1. The molecule has 1 saturated heterocycles. The first kappa shape index (κ1) is 20.7. The van der Waals surface area contributed by atoms with Gasteiger partial charge in [-0.3, -0.25) is 4.79 Å². The number of aromatic carboxylic acids is 1. The van der Waals surface area contributed by atoms with Crippen molar-refractivity contribution in [2.45, 2.75) is 12.5 Å². The van der Waals surface area contributed by atoms with Crippen molar-refractivity contribution in [3.8, 4) is 5.69 Å². The van der Waals surface area contributed by atoms with Gasteiger partial charge in [0.05, 0.1) is 22.3 Å². The van der Waals surface area contributed by atoms with E-state index in [1.165, 1.54) is 6.08 Å². The molecule has 3 N–H and O–H groups in total.